The molecule has 3 aliphatic rings. The predicted octanol–water partition coefficient (Wildman–Crippen LogP) is 2.92. The highest BCUT2D eigenvalue weighted by Gasteiger charge is 2.66. The molecule has 5 unspecified atom stereocenters. The SMILES string of the molecule is O=S(=O)(c1ccccc1)C1C2C=CC(COC3CCCCO3)(O2)C1S(=O)(=O)c1ccccc1. The number of benzene rings is 2. The maximum atomic E-state index is 13.9. The first-order valence-corrected chi connectivity index (χ1v) is 14.1. The summed E-state index contributed by atoms with van der Waals surface area (Å²) in [5.41, 5.74) is -1.42. The maximum absolute atomic E-state index is 13.9. The van der Waals surface area contributed by atoms with Crippen LogP contribution in [0.3, 0.4) is 0 Å². The summed E-state index contributed by atoms with van der Waals surface area (Å²) in [6.07, 6.45) is 4.55. The molecular weight excluding hydrogens is 464 g/mol. The van der Waals surface area contributed by atoms with E-state index in [0.29, 0.717) is 13.0 Å². The average molecular weight is 491 g/mol. The lowest BCUT2D eigenvalue weighted by Crippen LogP contribution is -2.54. The van der Waals surface area contributed by atoms with Gasteiger partial charge < -0.3 is 14.2 Å². The molecule has 2 fully saturated rings. The monoisotopic (exact) mass is 490 g/mol. The van der Waals surface area contributed by atoms with Crippen molar-refractivity contribution < 1.29 is 31.0 Å². The summed E-state index contributed by atoms with van der Waals surface area (Å²) in [4.78, 5) is 0.126. The van der Waals surface area contributed by atoms with Crippen LogP contribution in [0.25, 0.3) is 0 Å². The lowest BCUT2D eigenvalue weighted by molar-refractivity contribution is -0.185. The van der Waals surface area contributed by atoms with E-state index in [1.165, 1.54) is 24.3 Å². The predicted molar refractivity (Wildman–Crippen MR) is 121 cm³/mol. The van der Waals surface area contributed by atoms with Crippen LogP contribution < -0.4 is 0 Å². The Hall–Kier alpha value is -2.04. The second-order valence-electron chi connectivity index (χ2n) is 8.61. The lowest BCUT2D eigenvalue weighted by Gasteiger charge is -2.34. The summed E-state index contributed by atoms with van der Waals surface area (Å²) >= 11 is 0. The summed E-state index contributed by atoms with van der Waals surface area (Å²) in [5.74, 6) is 0. The van der Waals surface area contributed by atoms with E-state index in [9.17, 15) is 16.8 Å². The molecule has 5 rings (SSSR count). The molecule has 0 radical (unpaired) electrons. The third kappa shape index (κ3) is 3.95. The van der Waals surface area contributed by atoms with Crippen molar-refractivity contribution in [1.29, 1.82) is 0 Å². The van der Waals surface area contributed by atoms with E-state index >= 15 is 0 Å². The maximum Gasteiger partial charge on any atom is 0.185 e. The summed E-state index contributed by atoms with van der Waals surface area (Å²) in [7, 11) is -8.13. The van der Waals surface area contributed by atoms with Crippen LogP contribution in [0.5, 0.6) is 0 Å². The zero-order chi connectivity index (χ0) is 23.1. The Balaban J connectivity index is 1.57. The third-order valence-electron chi connectivity index (χ3n) is 6.50. The van der Waals surface area contributed by atoms with E-state index in [4.69, 9.17) is 14.2 Å². The fourth-order valence-corrected chi connectivity index (χ4v) is 9.76. The van der Waals surface area contributed by atoms with Crippen molar-refractivity contribution in [3.05, 3.63) is 72.8 Å². The molecule has 2 aromatic carbocycles. The smallest absolute Gasteiger partial charge is 0.185 e. The second-order valence-corrected chi connectivity index (χ2v) is 12.8. The first-order valence-electron chi connectivity index (χ1n) is 11.0. The summed E-state index contributed by atoms with van der Waals surface area (Å²) in [5, 5.41) is -2.66. The van der Waals surface area contributed by atoms with Crippen LogP contribution in [0.15, 0.2) is 82.6 Å². The topological polar surface area (TPSA) is 96.0 Å². The van der Waals surface area contributed by atoms with Gasteiger partial charge in [-0.1, -0.05) is 48.6 Å². The van der Waals surface area contributed by atoms with Crippen molar-refractivity contribution in [3.8, 4) is 0 Å². The van der Waals surface area contributed by atoms with Crippen LogP contribution in [-0.4, -0.2) is 58.5 Å². The number of hydrogen-bond acceptors (Lipinski definition) is 7. The molecule has 9 heteroatoms. The highest BCUT2D eigenvalue weighted by Crippen LogP contribution is 2.48. The fourth-order valence-electron chi connectivity index (χ4n) is 4.91. The standard InChI is InChI=1S/C24H26O7S2/c25-32(26,18-9-3-1-4-10-18)22-20-14-15-24(31-20,17-30-21-13-7-8-16-29-21)23(22)33(27,28)19-11-5-2-6-12-19/h1-6,9-12,14-15,20-23H,7-8,13,16-17H2. The zero-order valence-corrected chi connectivity index (χ0v) is 19.6. The molecule has 0 spiro atoms. The Labute approximate surface area is 194 Å². The van der Waals surface area contributed by atoms with Gasteiger partial charge >= 0.3 is 0 Å². The molecule has 5 atom stereocenters. The highest BCUT2D eigenvalue weighted by atomic mass is 32.2. The van der Waals surface area contributed by atoms with Crippen LogP contribution in [-0.2, 0) is 33.9 Å². The molecule has 3 heterocycles. The van der Waals surface area contributed by atoms with E-state index in [0.717, 1.165) is 12.8 Å². The molecular formula is C24H26O7S2. The Kier molecular flexibility index (Phi) is 5.95. The fraction of sp³-hybridized carbons (Fsp3) is 0.417. The van der Waals surface area contributed by atoms with Crippen molar-refractivity contribution in [2.24, 2.45) is 0 Å². The van der Waals surface area contributed by atoms with Gasteiger partial charge in [-0.05, 0) is 43.5 Å². The van der Waals surface area contributed by atoms with Crippen LogP contribution in [0.1, 0.15) is 19.3 Å². The molecule has 7 nitrogen and oxygen atoms in total. The van der Waals surface area contributed by atoms with Gasteiger partial charge in [-0.15, -0.1) is 0 Å². The Morgan fingerprint density at radius 2 is 1.52 bits per heavy atom. The van der Waals surface area contributed by atoms with Crippen LogP contribution in [0.2, 0.25) is 0 Å². The molecule has 3 aliphatic heterocycles. The molecule has 176 valence electrons. The zero-order valence-electron chi connectivity index (χ0n) is 17.9. The highest BCUT2D eigenvalue weighted by molar-refractivity contribution is 7.96. The molecule has 0 aromatic heterocycles. The number of sulfone groups is 2. The van der Waals surface area contributed by atoms with E-state index in [-0.39, 0.29) is 16.4 Å². The number of ether oxygens (including phenoxy) is 3. The summed E-state index contributed by atoms with van der Waals surface area (Å²) < 4.78 is 73.0. The molecule has 0 saturated carbocycles. The number of fused-ring (bicyclic) bond motifs is 2. The van der Waals surface area contributed by atoms with Crippen molar-refractivity contribution in [1.82, 2.24) is 0 Å². The normalized spacial score (nSPS) is 31.6. The second kappa shape index (κ2) is 8.63. The van der Waals surface area contributed by atoms with Crippen molar-refractivity contribution in [2.75, 3.05) is 13.2 Å². The quantitative estimate of drug-likeness (QED) is 0.551. The van der Waals surface area contributed by atoms with Crippen LogP contribution in [0.4, 0.5) is 0 Å². The van der Waals surface area contributed by atoms with Gasteiger partial charge in [0.2, 0.25) is 0 Å². The van der Waals surface area contributed by atoms with Gasteiger partial charge in [0.1, 0.15) is 16.1 Å². The molecule has 2 aromatic rings. The van der Waals surface area contributed by atoms with Gasteiger partial charge in [0, 0.05) is 6.61 Å². The van der Waals surface area contributed by atoms with Gasteiger partial charge in [0.25, 0.3) is 0 Å². The Bertz CT molecular complexity index is 1220. The number of hydrogen-bond donors (Lipinski definition) is 0. The van der Waals surface area contributed by atoms with Gasteiger partial charge in [-0.3, -0.25) is 0 Å². The Morgan fingerprint density at radius 3 is 2.12 bits per heavy atom. The van der Waals surface area contributed by atoms with Gasteiger partial charge in [0.15, 0.2) is 26.0 Å². The molecule has 2 saturated heterocycles. The van der Waals surface area contributed by atoms with E-state index in [1.54, 1.807) is 48.6 Å². The lowest BCUT2D eigenvalue weighted by atomic mass is 9.94. The molecule has 0 N–H and O–H groups in total. The minimum absolute atomic E-state index is 0.0566. The summed E-state index contributed by atoms with van der Waals surface area (Å²) in [6, 6.07) is 15.8. The van der Waals surface area contributed by atoms with Crippen LogP contribution in [0, 0.1) is 0 Å². The van der Waals surface area contributed by atoms with Gasteiger partial charge in [-0.25, -0.2) is 16.8 Å². The first kappa shape index (κ1) is 22.7. The minimum Gasteiger partial charge on any atom is -0.358 e. The van der Waals surface area contributed by atoms with E-state index in [1.807, 2.05) is 0 Å². The Morgan fingerprint density at radius 1 is 0.879 bits per heavy atom. The first-order chi connectivity index (χ1) is 15.8. The van der Waals surface area contributed by atoms with Crippen molar-refractivity contribution in [2.45, 2.75) is 57.5 Å². The largest absolute Gasteiger partial charge is 0.358 e. The van der Waals surface area contributed by atoms with Gasteiger partial charge in [0.05, 0.1) is 22.5 Å². The van der Waals surface area contributed by atoms with Crippen molar-refractivity contribution in [3.63, 3.8) is 0 Å². The molecule has 0 amide bonds. The third-order valence-corrected chi connectivity index (χ3v) is 11.1. The van der Waals surface area contributed by atoms with E-state index in [2.05, 4.69) is 0 Å². The molecule has 33 heavy (non-hydrogen) atoms. The van der Waals surface area contributed by atoms with Gasteiger partial charge in [-0.2, -0.15) is 0 Å². The minimum atomic E-state index is -4.10. The van der Waals surface area contributed by atoms with Crippen LogP contribution >= 0.6 is 0 Å². The van der Waals surface area contributed by atoms with E-state index < -0.39 is 48.2 Å². The van der Waals surface area contributed by atoms with Crippen molar-refractivity contribution >= 4 is 19.7 Å². The summed E-state index contributed by atoms with van der Waals surface area (Å²) in [6.45, 7) is 0.468. The average Bonchev–Trinajstić information content (AvgIpc) is 3.42. The molecule has 0 aliphatic carbocycles. The number of rotatable bonds is 7. The molecule has 2 bridgehead atoms.